The number of ether oxygens (including phenoxy) is 1. The van der Waals surface area contributed by atoms with Gasteiger partial charge in [-0.25, -0.2) is 9.69 Å². The number of nitriles is 1. The molecule has 0 radical (unpaired) electrons. The predicted octanol–water partition coefficient (Wildman–Crippen LogP) is 3.09. The molecule has 0 fully saturated rings. The van der Waals surface area contributed by atoms with E-state index in [9.17, 15) is 14.9 Å². The van der Waals surface area contributed by atoms with Crippen molar-refractivity contribution < 1.29 is 14.3 Å². The molecule has 110 valence electrons. The van der Waals surface area contributed by atoms with Crippen molar-refractivity contribution in [2.24, 2.45) is 0 Å². The van der Waals surface area contributed by atoms with Crippen LogP contribution >= 0.6 is 0 Å². The van der Waals surface area contributed by atoms with Crippen LogP contribution in [0.2, 0.25) is 0 Å². The van der Waals surface area contributed by atoms with Crippen LogP contribution in [0.25, 0.3) is 0 Å². The highest BCUT2D eigenvalue weighted by Gasteiger charge is 2.31. The number of benzene rings is 2. The number of imide groups is 1. The van der Waals surface area contributed by atoms with Crippen LogP contribution in [-0.4, -0.2) is 19.1 Å². The van der Waals surface area contributed by atoms with Gasteiger partial charge in [0.2, 0.25) is 0 Å². The summed E-state index contributed by atoms with van der Waals surface area (Å²) < 4.78 is 4.68. The first-order chi connectivity index (χ1) is 10.7. The molecular weight excluding hydrogens is 280 g/mol. The Kier molecular flexibility index (Phi) is 4.89. The normalized spacial score (nSPS) is 11.1. The second kappa shape index (κ2) is 7.04. The molecule has 0 N–H and O–H groups in total. The summed E-state index contributed by atoms with van der Waals surface area (Å²) in [5.74, 6) is -1.73. The molecule has 0 bridgehead atoms. The molecule has 5 nitrogen and oxygen atoms in total. The van der Waals surface area contributed by atoms with Crippen molar-refractivity contribution in [3.8, 4) is 6.07 Å². The van der Waals surface area contributed by atoms with Gasteiger partial charge in [-0.15, -0.1) is 0 Å². The van der Waals surface area contributed by atoms with Gasteiger partial charge in [-0.1, -0.05) is 48.5 Å². The van der Waals surface area contributed by atoms with Gasteiger partial charge in [-0.2, -0.15) is 5.26 Å². The van der Waals surface area contributed by atoms with Gasteiger partial charge in [0.25, 0.3) is 5.91 Å². The Morgan fingerprint density at radius 2 is 1.59 bits per heavy atom. The summed E-state index contributed by atoms with van der Waals surface area (Å²) in [6, 6.07) is 18.9. The third kappa shape index (κ3) is 3.13. The second-order valence-corrected chi connectivity index (χ2v) is 4.45. The van der Waals surface area contributed by atoms with E-state index in [0.29, 0.717) is 11.3 Å². The Hall–Kier alpha value is -3.13. The molecule has 0 aliphatic rings. The lowest BCUT2D eigenvalue weighted by atomic mass is 9.99. The molecule has 2 aromatic rings. The van der Waals surface area contributed by atoms with E-state index in [2.05, 4.69) is 4.74 Å². The van der Waals surface area contributed by atoms with E-state index < -0.39 is 17.9 Å². The summed E-state index contributed by atoms with van der Waals surface area (Å²) in [5.41, 5.74) is 0.885. The van der Waals surface area contributed by atoms with Crippen LogP contribution in [0.3, 0.4) is 0 Å². The first-order valence-electron chi connectivity index (χ1n) is 6.60. The van der Waals surface area contributed by atoms with E-state index in [1.54, 1.807) is 60.7 Å². The lowest BCUT2D eigenvalue weighted by Gasteiger charge is -2.21. The summed E-state index contributed by atoms with van der Waals surface area (Å²) in [6.07, 6.45) is -0.826. The fraction of sp³-hybridized carbons (Fsp3) is 0.118. The Balaban J connectivity index is 2.41. The second-order valence-electron chi connectivity index (χ2n) is 4.45. The number of amides is 2. The van der Waals surface area contributed by atoms with Gasteiger partial charge in [-0.05, 0) is 17.7 Å². The number of carbonyl (C=O) groups excluding carboxylic acids is 2. The van der Waals surface area contributed by atoms with Gasteiger partial charge >= 0.3 is 6.09 Å². The average molecular weight is 294 g/mol. The number of rotatable bonds is 3. The van der Waals surface area contributed by atoms with E-state index in [4.69, 9.17) is 0 Å². The van der Waals surface area contributed by atoms with Gasteiger partial charge in [0, 0.05) is 0 Å². The summed E-state index contributed by atoms with van der Waals surface area (Å²) in [4.78, 5) is 25.5. The van der Waals surface area contributed by atoms with Crippen molar-refractivity contribution in [2.75, 3.05) is 12.0 Å². The average Bonchev–Trinajstić information content (AvgIpc) is 2.57. The number of methoxy groups -OCH3 is 1. The zero-order valence-electron chi connectivity index (χ0n) is 12.0. The van der Waals surface area contributed by atoms with Crippen molar-refractivity contribution in [1.82, 2.24) is 0 Å². The third-order valence-electron chi connectivity index (χ3n) is 3.10. The standard InChI is InChI=1S/C17H14N2O3/c1-22-17(21)19(14-10-6-3-7-11-14)16(20)15(12-18)13-8-4-2-5-9-13/h2-11,15H,1H3. The Morgan fingerprint density at radius 1 is 1.05 bits per heavy atom. The number of hydrogen-bond donors (Lipinski definition) is 0. The van der Waals surface area contributed by atoms with E-state index >= 15 is 0 Å². The quantitative estimate of drug-likeness (QED) is 0.872. The molecular formula is C17H14N2O3. The van der Waals surface area contributed by atoms with Gasteiger partial charge in [0.15, 0.2) is 5.92 Å². The SMILES string of the molecule is COC(=O)N(C(=O)C(C#N)c1ccccc1)c1ccccc1. The Morgan fingerprint density at radius 3 is 2.09 bits per heavy atom. The number of anilines is 1. The summed E-state index contributed by atoms with van der Waals surface area (Å²) in [7, 11) is 1.19. The van der Waals surface area contributed by atoms with Crippen LogP contribution in [0.1, 0.15) is 11.5 Å². The molecule has 0 aliphatic heterocycles. The van der Waals surface area contributed by atoms with Crippen molar-refractivity contribution in [3.63, 3.8) is 0 Å². The van der Waals surface area contributed by atoms with Crippen LogP contribution in [0.5, 0.6) is 0 Å². The van der Waals surface area contributed by atoms with Gasteiger partial charge in [0.05, 0.1) is 18.9 Å². The monoisotopic (exact) mass is 294 g/mol. The molecule has 1 atom stereocenters. The molecule has 1 unspecified atom stereocenters. The van der Waals surface area contributed by atoms with Crippen LogP contribution < -0.4 is 4.90 Å². The molecule has 0 saturated heterocycles. The summed E-state index contributed by atoms with van der Waals surface area (Å²) in [6.45, 7) is 0. The summed E-state index contributed by atoms with van der Waals surface area (Å²) >= 11 is 0. The van der Waals surface area contributed by atoms with Crippen LogP contribution in [0.15, 0.2) is 60.7 Å². The molecule has 2 rings (SSSR count). The van der Waals surface area contributed by atoms with Crippen molar-refractivity contribution in [3.05, 3.63) is 66.2 Å². The molecule has 0 heterocycles. The third-order valence-corrected chi connectivity index (χ3v) is 3.10. The fourth-order valence-electron chi connectivity index (χ4n) is 2.04. The van der Waals surface area contributed by atoms with E-state index in [-0.39, 0.29) is 0 Å². The molecule has 0 spiro atoms. The number of hydrogen-bond acceptors (Lipinski definition) is 4. The molecule has 2 amide bonds. The molecule has 0 saturated carbocycles. The first kappa shape index (κ1) is 15.3. The number of nitrogens with zero attached hydrogens (tertiary/aromatic N) is 2. The van der Waals surface area contributed by atoms with Crippen molar-refractivity contribution in [1.29, 1.82) is 5.26 Å². The minimum absolute atomic E-state index is 0.357. The maximum Gasteiger partial charge on any atom is 0.420 e. The lowest BCUT2D eigenvalue weighted by molar-refractivity contribution is -0.118. The first-order valence-corrected chi connectivity index (χ1v) is 6.60. The molecule has 0 aromatic heterocycles. The van der Waals surface area contributed by atoms with Crippen LogP contribution in [-0.2, 0) is 9.53 Å². The number of para-hydroxylation sites is 1. The van der Waals surface area contributed by atoms with Gasteiger partial charge in [0.1, 0.15) is 0 Å². The molecule has 5 heteroatoms. The highest BCUT2D eigenvalue weighted by atomic mass is 16.5. The maximum atomic E-state index is 12.7. The van der Waals surface area contributed by atoms with Crippen molar-refractivity contribution >= 4 is 17.7 Å². The Labute approximate surface area is 128 Å². The maximum absolute atomic E-state index is 12.7. The van der Waals surface area contributed by atoms with Crippen LogP contribution in [0.4, 0.5) is 10.5 Å². The topological polar surface area (TPSA) is 70.4 Å². The van der Waals surface area contributed by atoms with E-state index in [1.165, 1.54) is 7.11 Å². The van der Waals surface area contributed by atoms with Crippen LogP contribution in [0, 0.1) is 11.3 Å². The van der Waals surface area contributed by atoms with E-state index in [0.717, 1.165) is 4.90 Å². The molecule has 0 aliphatic carbocycles. The van der Waals surface area contributed by atoms with Gasteiger partial charge < -0.3 is 4.74 Å². The fourth-order valence-corrected chi connectivity index (χ4v) is 2.04. The summed E-state index contributed by atoms with van der Waals surface area (Å²) in [5, 5.41) is 9.35. The highest BCUT2D eigenvalue weighted by molar-refractivity contribution is 6.15. The van der Waals surface area contributed by atoms with E-state index in [1.807, 2.05) is 6.07 Å². The largest absolute Gasteiger partial charge is 0.452 e. The Bertz CT molecular complexity index is 693. The smallest absolute Gasteiger partial charge is 0.420 e. The number of carbonyl (C=O) groups is 2. The predicted molar refractivity (Wildman–Crippen MR) is 81.1 cm³/mol. The van der Waals surface area contributed by atoms with Gasteiger partial charge in [-0.3, -0.25) is 4.79 Å². The minimum atomic E-state index is -1.08. The molecule has 22 heavy (non-hydrogen) atoms. The zero-order valence-corrected chi connectivity index (χ0v) is 12.0. The lowest BCUT2D eigenvalue weighted by Crippen LogP contribution is -2.39. The minimum Gasteiger partial charge on any atom is -0.452 e. The zero-order chi connectivity index (χ0) is 15.9. The highest BCUT2D eigenvalue weighted by Crippen LogP contribution is 2.23. The molecule has 2 aromatic carbocycles. The van der Waals surface area contributed by atoms with Crippen molar-refractivity contribution in [2.45, 2.75) is 5.92 Å².